The third-order valence-electron chi connectivity index (χ3n) is 4.29. The van der Waals surface area contributed by atoms with Gasteiger partial charge in [0.1, 0.15) is 0 Å². The quantitative estimate of drug-likeness (QED) is 0.832. The van der Waals surface area contributed by atoms with Crippen molar-refractivity contribution in [1.82, 2.24) is 14.9 Å². The lowest BCUT2D eigenvalue weighted by Crippen LogP contribution is -2.55. The van der Waals surface area contributed by atoms with Gasteiger partial charge in [0, 0.05) is 43.8 Å². The Labute approximate surface area is 159 Å². The van der Waals surface area contributed by atoms with Crippen LogP contribution in [0.2, 0.25) is 5.15 Å². The van der Waals surface area contributed by atoms with Crippen LogP contribution in [0.4, 0.5) is 29.5 Å². The highest BCUT2D eigenvalue weighted by molar-refractivity contribution is 6.31. The van der Waals surface area contributed by atoms with E-state index >= 15 is 0 Å². The highest BCUT2D eigenvalue weighted by Crippen LogP contribution is 2.30. The molecule has 2 heterocycles. The number of carbonyl (C=O) groups excluding carboxylic acids is 1. The fourth-order valence-corrected chi connectivity index (χ4v) is 3.14. The smallest absolute Gasteiger partial charge is 0.350 e. The van der Waals surface area contributed by atoms with Crippen LogP contribution in [-0.4, -0.2) is 46.6 Å². The molecule has 1 atom stereocenters. The highest BCUT2D eigenvalue weighted by atomic mass is 35.5. The molecule has 27 heavy (non-hydrogen) atoms. The van der Waals surface area contributed by atoms with Gasteiger partial charge in [0.2, 0.25) is 0 Å². The summed E-state index contributed by atoms with van der Waals surface area (Å²) in [4.78, 5) is 24.3. The van der Waals surface area contributed by atoms with Crippen LogP contribution in [0.25, 0.3) is 0 Å². The van der Waals surface area contributed by atoms with Gasteiger partial charge in [-0.15, -0.1) is 0 Å². The van der Waals surface area contributed by atoms with Gasteiger partial charge in [-0.3, -0.25) is 0 Å². The van der Waals surface area contributed by atoms with Gasteiger partial charge < -0.3 is 15.1 Å². The van der Waals surface area contributed by atoms with E-state index < -0.39 is 11.7 Å². The van der Waals surface area contributed by atoms with Gasteiger partial charge in [-0.25, -0.2) is 14.8 Å². The number of urea groups is 1. The second kappa shape index (κ2) is 7.59. The number of amides is 2. The molecule has 0 spiro atoms. The van der Waals surface area contributed by atoms with Crippen molar-refractivity contribution >= 4 is 29.1 Å². The van der Waals surface area contributed by atoms with E-state index in [1.807, 2.05) is 11.8 Å². The Morgan fingerprint density at radius 2 is 1.85 bits per heavy atom. The monoisotopic (exact) mass is 399 g/mol. The third kappa shape index (κ3) is 4.41. The van der Waals surface area contributed by atoms with Crippen molar-refractivity contribution in [3.63, 3.8) is 0 Å². The maximum atomic E-state index is 12.6. The second-order valence-electron chi connectivity index (χ2n) is 6.16. The van der Waals surface area contributed by atoms with E-state index in [0.29, 0.717) is 36.3 Å². The van der Waals surface area contributed by atoms with Crippen molar-refractivity contribution in [2.45, 2.75) is 19.1 Å². The number of nitrogens with zero attached hydrogens (tertiary/aromatic N) is 4. The van der Waals surface area contributed by atoms with Crippen molar-refractivity contribution < 1.29 is 18.0 Å². The van der Waals surface area contributed by atoms with Gasteiger partial charge >= 0.3 is 12.2 Å². The summed E-state index contributed by atoms with van der Waals surface area (Å²) in [7, 11) is 0. The van der Waals surface area contributed by atoms with Gasteiger partial charge in [-0.2, -0.15) is 13.2 Å². The number of alkyl halides is 3. The number of nitrogens with one attached hydrogen (secondary N) is 1. The van der Waals surface area contributed by atoms with Crippen LogP contribution >= 0.6 is 11.6 Å². The van der Waals surface area contributed by atoms with E-state index in [4.69, 9.17) is 11.6 Å². The normalized spacial score (nSPS) is 17.7. The van der Waals surface area contributed by atoms with Crippen LogP contribution in [-0.2, 0) is 6.18 Å². The predicted molar refractivity (Wildman–Crippen MR) is 95.9 cm³/mol. The zero-order valence-corrected chi connectivity index (χ0v) is 15.1. The van der Waals surface area contributed by atoms with Crippen molar-refractivity contribution in [1.29, 1.82) is 0 Å². The van der Waals surface area contributed by atoms with Crippen LogP contribution in [0.3, 0.4) is 0 Å². The van der Waals surface area contributed by atoms with Crippen molar-refractivity contribution in [2.24, 2.45) is 0 Å². The molecule has 1 unspecified atom stereocenters. The number of carbonyl (C=O) groups is 1. The Kier molecular flexibility index (Phi) is 5.41. The molecule has 3 rings (SSSR count). The first-order valence-electron chi connectivity index (χ1n) is 8.22. The summed E-state index contributed by atoms with van der Waals surface area (Å²) < 4.78 is 37.8. The number of hydrogen-bond donors (Lipinski definition) is 1. The van der Waals surface area contributed by atoms with E-state index in [9.17, 15) is 18.0 Å². The van der Waals surface area contributed by atoms with Crippen LogP contribution in [0, 0.1) is 0 Å². The molecule has 1 aliphatic heterocycles. The number of aromatic nitrogens is 2. The van der Waals surface area contributed by atoms with Gasteiger partial charge in [0.05, 0.1) is 5.56 Å². The first-order chi connectivity index (χ1) is 12.8. The number of halogens is 4. The summed E-state index contributed by atoms with van der Waals surface area (Å²) >= 11 is 6.07. The Bertz CT molecular complexity index is 815. The zero-order chi connectivity index (χ0) is 19.6. The lowest BCUT2D eigenvalue weighted by atomic mass is 10.2. The minimum absolute atomic E-state index is 0.147. The third-order valence-corrected chi connectivity index (χ3v) is 4.55. The lowest BCUT2D eigenvalue weighted by molar-refractivity contribution is -0.137. The number of rotatable bonds is 2. The van der Waals surface area contributed by atoms with Crippen LogP contribution in [0.15, 0.2) is 36.7 Å². The van der Waals surface area contributed by atoms with Crippen LogP contribution in [0.5, 0.6) is 0 Å². The molecule has 0 bridgehead atoms. The maximum absolute atomic E-state index is 12.6. The van der Waals surface area contributed by atoms with Gasteiger partial charge in [0.15, 0.2) is 11.0 Å². The number of piperazine rings is 1. The molecule has 1 saturated heterocycles. The van der Waals surface area contributed by atoms with Gasteiger partial charge in [-0.05, 0) is 31.2 Å². The molecule has 1 fully saturated rings. The first-order valence-corrected chi connectivity index (χ1v) is 8.60. The van der Waals surface area contributed by atoms with E-state index in [1.54, 1.807) is 11.1 Å². The van der Waals surface area contributed by atoms with E-state index in [-0.39, 0.29) is 12.1 Å². The van der Waals surface area contributed by atoms with Gasteiger partial charge in [-0.1, -0.05) is 11.6 Å². The zero-order valence-electron chi connectivity index (χ0n) is 14.4. The number of benzene rings is 1. The summed E-state index contributed by atoms with van der Waals surface area (Å²) in [5.74, 6) is 0.564. The largest absolute Gasteiger partial charge is 0.416 e. The maximum Gasteiger partial charge on any atom is 0.416 e. The molecule has 6 nitrogen and oxygen atoms in total. The molecule has 1 aliphatic rings. The molecule has 0 radical (unpaired) electrons. The molecule has 1 aromatic carbocycles. The Morgan fingerprint density at radius 3 is 2.44 bits per heavy atom. The average Bonchev–Trinajstić information content (AvgIpc) is 2.61. The predicted octanol–water partition coefficient (Wildman–Crippen LogP) is 3.89. The minimum Gasteiger partial charge on any atom is -0.350 e. The van der Waals surface area contributed by atoms with Crippen LogP contribution in [0.1, 0.15) is 12.5 Å². The SMILES string of the molecule is CC1CN(c2nccnc2Cl)CCN1C(=O)Nc1ccc(C(F)(F)F)cc1. The fourth-order valence-electron chi connectivity index (χ4n) is 2.92. The average molecular weight is 400 g/mol. The molecular formula is C17H17ClF3N5O. The molecule has 144 valence electrons. The van der Waals surface area contributed by atoms with E-state index in [2.05, 4.69) is 15.3 Å². The molecule has 0 aliphatic carbocycles. The molecular weight excluding hydrogens is 383 g/mol. The van der Waals surface area contributed by atoms with Gasteiger partial charge in [0.25, 0.3) is 0 Å². The molecule has 2 amide bonds. The summed E-state index contributed by atoms with van der Waals surface area (Å²) in [6.45, 7) is 3.32. The first kappa shape index (κ1) is 19.2. The minimum atomic E-state index is -4.41. The van der Waals surface area contributed by atoms with Crippen LogP contribution < -0.4 is 10.2 Å². The summed E-state index contributed by atoms with van der Waals surface area (Å²) in [5.41, 5.74) is -0.456. The number of anilines is 2. The Balaban J connectivity index is 1.62. The topological polar surface area (TPSA) is 61.4 Å². The standard InChI is InChI=1S/C17H17ClF3N5O/c1-11-10-25(15-14(18)22-6-7-23-15)8-9-26(11)16(27)24-13-4-2-12(3-5-13)17(19,20)21/h2-7,11H,8-10H2,1H3,(H,24,27). The highest BCUT2D eigenvalue weighted by Gasteiger charge is 2.31. The molecule has 1 aromatic heterocycles. The second-order valence-corrected chi connectivity index (χ2v) is 6.52. The molecule has 1 N–H and O–H groups in total. The molecule has 10 heteroatoms. The van der Waals surface area contributed by atoms with Crippen molar-refractivity contribution in [3.8, 4) is 0 Å². The summed E-state index contributed by atoms with van der Waals surface area (Å²) in [6.07, 6.45) is -1.35. The summed E-state index contributed by atoms with van der Waals surface area (Å²) in [6, 6.07) is 3.83. The van der Waals surface area contributed by atoms with Crippen molar-refractivity contribution in [3.05, 3.63) is 47.4 Å². The van der Waals surface area contributed by atoms with Crippen molar-refractivity contribution in [2.75, 3.05) is 29.9 Å². The Morgan fingerprint density at radius 1 is 1.19 bits per heavy atom. The Hall–Kier alpha value is -2.55. The number of hydrogen-bond acceptors (Lipinski definition) is 4. The van der Waals surface area contributed by atoms with E-state index in [1.165, 1.54) is 18.3 Å². The lowest BCUT2D eigenvalue weighted by Gasteiger charge is -2.40. The molecule has 2 aromatic rings. The molecule has 0 saturated carbocycles. The fraction of sp³-hybridized carbons (Fsp3) is 0.353. The summed E-state index contributed by atoms with van der Waals surface area (Å²) in [5, 5.41) is 2.93. The van der Waals surface area contributed by atoms with E-state index in [0.717, 1.165) is 12.1 Å².